The summed E-state index contributed by atoms with van der Waals surface area (Å²) in [5, 5.41) is 13.3. The van der Waals surface area contributed by atoms with Gasteiger partial charge in [0, 0.05) is 36.7 Å². The van der Waals surface area contributed by atoms with Crippen LogP contribution in [0.2, 0.25) is 0 Å². The third-order valence-corrected chi connectivity index (χ3v) is 5.45. The lowest BCUT2D eigenvalue weighted by Gasteiger charge is -2.18. The van der Waals surface area contributed by atoms with E-state index >= 15 is 0 Å². The minimum absolute atomic E-state index is 0.0396. The molecule has 1 aliphatic rings. The number of nitrogens with zero attached hydrogens (tertiary/aromatic N) is 2. The summed E-state index contributed by atoms with van der Waals surface area (Å²) in [5.41, 5.74) is 3.19. The molecule has 4 rings (SSSR count). The number of nitriles is 1. The summed E-state index contributed by atoms with van der Waals surface area (Å²) in [6.45, 7) is 2.12. The monoisotopic (exact) mass is 402 g/mol. The maximum Gasteiger partial charge on any atom is 0.261 e. The lowest BCUT2D eigenvalue weighted by molar-refractivity contribution is -0.117. The zero-order chi connectivity index (χ0) is 20.9. The Morgan fingerprint density at radius 1 is 1.23 bits per heavy atom. The van der Waals surface area contributed by atoms with Gasteiger partial charge in [-0.05, 0) is 54.7 Å². The van der Waals surface area contributed by atoms with Gasteiger partial charge in [0.25, 0.3) is 5.91 Å². The molecule has 0 spiro atoms. The van der Waals surface area contributed by atoms with Crippen molar-refractivity contribution in [3.05, 3.63) is 71.2 Å². The molecule has 2 heterocycles. The van der Waals surface area contributed by atoms with Gasteiger partial charge in [-0.2, -0.15) is 5.26 Å². The molecule has 0 unspecified atom stereocenters. The molecule has 1 fully saturated rings. The highest BCUT2D eigenvalue weighted by Gasteiger charge is 2.16. The Bertz CT molecular complexity index is 1140. The third kappa shape index (κ3) is 4.20. The number of nitrogens with one attached hydrogen (secondary N) is 2. The normalized spacial score (nSPS) is 14.1. The molecule has 1 saturated heterocycles. The van der Waals surface area contributed by atoms with Crippen LogP contribution in [0.5, 0.6) is 0 Å². The van der Waals surface area contributed by atoms with Gasteiger partial charge >= 0.3 is 0 Å². The highest BCUT2D eigenvalue weighted by Crippen LogP contribution is 2.25. The lowest BCUT2D eigenvalue weighted by atomic mass is 10.1. The molecule has 0 radical (unpaired) electrons. The molecule has 0 aliphatic carbocycles. The van der Waals surface area contributed by atoms with Gasteiger partial charge in [-0.25, -0.2) is 4.39 Å². The highest BCUT2D eigenvalue weighted by molar-refractivity contribution is 6.01. The minimum atomic E-state index is -0.457. The summed E-state index contributed by atoms with van der Waals surface area (Å²) < 4.78 is 14.5. The lowest BCUT2D eigenvalue weighted by Crippen LogP contribution is -2.26. The van der Waals surface area contributed by atoms with Gasteiger partial charge in [0.15, 0.2) is 0 Å². The second-order valence-corrected chi connectivity index (χ2v) is 7.44. The Morgan fingerprint density at radius 2 is 2.03 bits per heavy atom. The van der Waals surface area contributed by atoms with Crippen molar-refractivity contribution in [1.29, 1.82) is 5.26 Å². The second-order valence-electron chi connectivity index (χ2n) is 7.44. The van der Waals surface area contributed by atoms with E-state index in [4.69, 9.17) is 0 Å². The van der Waals surface area contributed by atoms with Crippen molar-refractivity contribution >= 4 is 28.6 Å². The van der Waals surface area contributed by atoms with Crippen LogP contribution in [0.4, 0.5) is 10.1 Å². The number of anilines is 1. The Labute approximate surface area is 174 Å². The topological polar surface area (TPSA) is 71.9 Å². The first-order chi connectivity index (χ1) is 14.7. The molecule has 2 N–H and O–H groups in total. The smallest absolute Gasteiger partial charge is 0.261 e. The Hall–Kier alpha value is -3.59. The van der Waals surface area contributed by atoms with Crippen molar-refractivity contribution in [2.24, 2.45) is 0 Å². The second kappa shape index (κ2) is 8.83. The largest absolute Gasteiger partial charge is 0.369 e. The molecule has 1 aromatic heterocycles. The summed E-state index contributed by atoms with van der Waals surface area (Å²) >= 11 is 0. The van der Waals surface area contributed by atoms with Crippen LogP contribution in [-0.4, -0.2) is 30.5 Å². The predicted octanol–water partition coefficient (Wildman–Crippen LogP) is 4.17. The highest BCUT2D eigenvalue weighted by atomic mass is 19.1. The van der Waals surface area contributed by atoms with Crippen LogP contribution >= 0.6 is 0 Å². The van der Waals surface area contributed by atoms with E-state index in [-0.39, 0.29) is 11.4 Å². The molecule has 5 nitrogen and oxygen atoms in total. The summed E-state index contributed by atoms with van der Waals surface area (Å²) in [5.74, 6) is -0.788. The number of benzene rings is 2. The fourth-order valence-electron chi connectivity index (χ4n) is 3.89. The summed E-state index contributed by atoms with van der Waals surface area (Å²) in [6, 6.07) is 14.7. The first-order valence-corrected chi connectivity index (χ1v) is 10.1. The standard InChI is InChI=1S/C24H23FN4O/c25-21-14-17(7-8-23(21)29-11-3-4-12-29)13-19(15-26)24(30)27-10-9-18-16-28-22-6-2-1-5-20(18)22/h1-2,5-8,13-14,16,28H,3-4,9-12H2,(H,27,30)/b19-13-. The van der Waals surface area contributed by atoms with Gasteiger partial charge < -0.3 is 15.2 Å². The average Bonchev–Trinajstić information content (AvgIpc) is 3.42. The number of fused-ring (bicyclic) bond motifs is 1. The quantitative estimate of drug-likeness (QED) is 0.480. The number of hydrogen-bond acceptors (Lipinski definition) is 3. The van der Waals surface area contributed by atoms with Gasteiger partial charge in [0.05, 0.1) is 5.69 Å². The number of halogens is 1. The van der Waals surface area contributed by atoms with Crippen molar-refractivity contribution < 1.29 is 9.18 Å². The van der Waals surface area contributed by atoms with Crippen LogP contribution in [0.25, 0.3) is 17.0 Å². The number of rotatable bonds is 6. The van der Waals surface area contributed by atoms with E-state index in [2.05, 4.69) is 10.3 Å². The predicted molar refractivity (Wildman–Crippen MR) is 116 cm³/mol. The zero-order valence-electron chi connectivity index (χ0n) is 16.6. The van der Waals surface area contributed by atoms with E-state index in [1.165, 1.54) is 12.1 Å². The van der Waals surface area contributed by atoms with Gasteiger partial charge in [-0.15, -0.1) is 0 Å². The van der Waals surface area contributed by atoms with Crippen molar-refractivity contribution in [3.8, 4) is 6.07 Å². The van der Waals surface area contributed by atoms with Gasteiger partial charge in [0.2, 0.25) is 0 Å². The molecule has 1 amide bonds. The number of amides is 1. The van der Waals surface area contributed by atoms with E-state index < -0.39 is 5.91 Å². The number of aromatic nitrogens is 1. The zero-order valence-corrected chi connectivity index (χ0v) is 16.6. The number of H-pyrrole nitrogens is 1. The van der Waals surface area contributed by atoms with Crippen molar-refractivity contribution in [3.63, 3.8) is 0 Å². The molecule has 152 valence electrons. The van der Waals surface area contributed by atoms with Crippen molar-refractivity contribution in [1.82, 2.24) is 10.3 Å². The number of carbonyl (C=O) groups excluding carboxylic acids is 1. The SMILES string of the molecule is N#C/C(=C/c1ccc(N2CCCC2)c(F)c1)C(=O)NCCc1c[nH]c2ccccc12. The van der Waals surface area contributed by atoms with Gasteiger partial charge in [-0.3, -0.25) is 4.79 Å². The molecule has 3 aromatic rings. The van der Waals surface area contributed by atoms with Crippen LogP contribution in [0.1, 0.15) is 24.0 Å². The summed E-state index contributed by atoms with van der Waals surface area (Å²) in [7, 11) is 0. The van der Waals surface area contributed by atoms with Crippen LogP contribution in [0, 0.1) is 17.1 Å². The van der Waals surface area contributed by atoms with E-state index in [9.17, 15) is 14.4 Å². The minimum Gasteiger partial charge on any atom is -0.369 e. The van der Waals surface area contributed by atoms with Gasteiger partial charge in [-0.1, -0.05) is 24.3 Å². The van der Waals surface area contributed by atoms with E-state index in [1.54, 1.807) is 12.1 Å². The van der Waals surface area contributed by atoms with Crippen LogP contribution in [0.15, 0.2) is 54.2 Å². The molecule has 0 saturated carbocycles. The fourth-order valence-corrected chi connectivity index (χ4v) is 3.89. The van der Waals surface area contributed by atoms with Crippen LogP contribution < -0.4 is 10.2 Å². The maximum absolute atomic E-state index is 14.5. The molecular weight excluding hydrogens is 379 g/mol. The summed E-state index contributed by atoms with van der Waals surface area (Å²) in [6.07, 6.45) is 6.14. The maximum atomic E-state index is 14.5. The van der Waals surface area contributed by atoms with E-state index in [0.717, 1.165) is 42.4 Å². The number of carbonyl (C=O) groups is 1. The Kier molecular flexibility index (Phi) is 5.80. The molecule has 1 aliphatic heterocycles. The molecule has 0 bridgehead atoms. The number of aromatic amines is 1. The van der Waals surface area contributed by atoms with Crippen molar-refractivity contribution in [2.75, 3.05) is 24.5 Å². The molecule has 0 atom stereocenters. The Morgan fingerprint density at radius 3 is 2.80 bits per heavy atom. The fraction of sp³-hybridized carbons (Fsp3) is 0.250. The molecular formula is C24H23FN4O. The molecule has 2 aromatic carbocycles. The van der Waals surface area contributed by atoms with Crippen LogP contribution in [-0.2, 0) is 11.2 Å². The average molecular weight is 402 g/mol. The van der Waals surface area contributed by atoms with Crippen LogP contribution in [0.3, 0.4) is 0 Å². The molecule has 6 heteroatoms. The van der Waals surface area contributed by atoms with E-state index in [1.807, 2.05) is 41.4 Å². The number of hydrogen-bond donors (Lipinski definition) is 2. The third-order valence-electron chi connectivity index (χ3n) is 5.45. The van der Waals surface area contributed by atoms with Crippen molar-refractivity contribution in [2.45, 2.75) is 19.3 Å². The van der Waals surface area contributed by atoms with E-state index in [0.29, 0.717) is 24.2 Å². The molecule has 30 heavy (non-hydrogen) atoms. The Balaban J connectivity index is 1.40. The first kappa shape index (κ1) is 19.7. The number of para-hydroxylation sites is 1. The first-order valence-electron chi connectivity index (χ1n) is 10.1. The summed E-state index contributed by atoms with van der Waals surface area (Å²) in [4.78, 5) is 17.6. The van der Waals surface area contributed by atoms with Gasteiger partial charge in [0.1, 0.15) is 17.5 Å².